The number of hydrogen-bond donors (Lipinski definition) is 1. The molecule has 0 spiro atoms. The third kappa shape index (κ3) is 4.01. The molecule has 1 fully saturated rings. The van der Waals surface area contributed by atoms with E-state index in [0.29, 0.717) is 0 Å². The Kier molecular flexibility index (Phi) is 6.12. The Morgan fingerprint density at radius 1 is 1.24 bits per heavy atom. The van der Waals surface area contributed by atoms with Gasteiger partial charge in [-0.05, 0) is 50.6 Å². The summed E-state index contributed by atoms with van der Waals surface area (Å²) in [5.41, 5.74) is 6.38. The van der Waals surface area contributed by atoms with Gasteiger partial charge in [-0.3, -0.25) is 4.90 Å². The predicted octanol–water partition coefficient (Wildman–Crippen LogP) is 2.99. The topological polar surface area (TPSA) is 55.0 Å². The van der Waals surface area contributed by atoms with Crippen molar-refractivity contribution in [1.82, 2.24) is 14.9 Å². The zero-order valence-corrected chi connectivity index (χ0v) is 13.6. The normalized spacial score (nSPS) is 26.2. The lowest BCUT2D eigenvalue weighted by molar-refractivity contribution is 0.0327. The van der Waals surface area contributed by atoms with Gasteiger partial charge in [0.15, 0.2) is 0 Å². The fraction of sp³-hybridized carbons (Fsp3) is 0.765. The summed E-state index contributed by atoms with van der Waals surface area (Å²) in [7, 11) is 0. The molecule has 0 atom stereocenters. The van der Waals surface area contributed by atoms with E-state index in [1.807, 2.05) is 18.5 Å². The van der Waals surface area contributed by atoms with E-state index < -0.39 is 0 Å². The van der Waals surface area contributed by atoms with Crippen LogP contribution in [0.2, 0.25) is 0 Å². The summed E-state index contributed by atoms with van der Waals surface area (Å²) in [5, 5.41) is 0. The Bertz CT molecular complexity index is 399. The van der Waals surface area contributed by atoms with Crippen LogP contribution in [0.5, 0.6) is 0 Å². The molecule has 1 aliphatic rings. The maximum Gasteiger partial charge on any atom is 0.142 e. The lowest BCUT2D eigenvalue weighted by Gasteiger charge is -2.47. The van der Waals surface area contributed by atoms with E-state index >= 15 is 0 Å². The Labute approximate surface area is 129 Å². The number of nitrogens with zero attached hydrogens (tertiary/aromatic N) is 3. The minimum absolute atomic E-state index is 0.154. The Balaban J connectivity index is 2.11. The molecule has 1 aliphatic carbocycles. The van der Waals surface area contributed by atoms with E-state index in [2.05, 4.69) is 28.7 Å². The average Bonchev–Trinajstić information content (AvgIpc) is 2.55. The molecule has 4 heteroatoms. The second-order valence-electron chi connectivity index (χ2n) is 6.37. The SMILES string of the molecule is CCCN(Cc1ncccn1)C1(CN)CCC(CC)CC1. The zero-order chi connectivity index (χ0) is 15.1. The molecule has 0 radical (unpaired) electrons. The first kappa shape index (κ1) is 16.4. The van der Waals surface area contributed by atoms with Crippen LogP contribution in [-0.2, 0) is 6.54 Å². The Hall–Kier alpha value is -1.00. The monoisotopic (exact) mass is 290 g/mol. The molecule has 4 nitrogen and oxygen atoms in total. The van der Waals surface area contributed by atoms with Gasteiger partial charge in [-0.25, -0.2) is 9.97 Å². The van der Waals surface area contributed by atoms with Gasteiger partial charge in [0.25, 0.3) is 0 Å². The molecule has 0 saturated heterocycles. The van der Waals surface area contributed by atoms with Crippen molar-refractivity contribution in [2.45, 2.75) is 64.5 Å². The fourth-order valence-corrected chi connectivity index (χ4v) is 3.61. The van der Waals surface area contributed by atoms with Crippen molar-refractivity contribution in [3.63, 3.8) is 0 Å². The van der Waals surface area contributed by atoms with Gasteiger partial charge >= 0.3 is 0 Å². The van der Waals surface area contributed by atoms with Crippen LogP contribution in [0.4, 0.5) is 0 Å². The van der Waals surface area contributed by atoms with E-state index in [-0.39, 0.29) is 5.54 Å². The van der Waals surface area contributed by atoms with Crippen molar-refractivity contribution in [2.24, 2.45) is 11.7 Å². The highest BCUT2D eigenvalue weighted by Crippen LogP contribution is 2.37. The summed E-state index contributed by atoms with van der Waals surface area (Å²) in [4.78, 5) is 11.3. The molecule has 0 unspecified atom stereocenters. The van der Waals surface area contributed by atoms with Crippen LogP contribution in [0.3, 0.4) is 0 Å². The quantitative estimate of drug-likeness (QED) is 0.839. The summed E-state index contributed by atoms with van der Waals surface area (Å²) in [5.74, 6) is 1.80. The summed E-state index contributed by atoms with van der Waals surface area (Å²) >= 11 is 0. The highest BCUT2D eigenvalue weighted by molar-refractivity contribution is 4.98. The van der Waals surface area contributed by atoms with E-state index in [4.69, 9.17) is 5.73 Å². The summed E-state index contributed by atoms with van der Waals surface area (Å²) in [6.07, 6.45) is 11.2. The smallest absolute Gasteiger partial charge is 0.142 e. The summed E-state index contributed by atoms with van der Waals surface area (Å²) in [6, 6.07) is 1.87. The lowest BCUT2D eigenvalue weighted by Crippen LogP contribution is -2.55. The molecule has 2 N–H and O–H groups in total. The van der Waals surface area contributed by atoms with Gasteiger partial charge in [0.2, 0.25) is 0 Å². The second kappa shape index (κ2) is 7.85. The molecule has 1 heterocycles. The molecule has 1 aromatic rings. The van der Waals surface area contributed by atoms with Crippen molar-refractivity contribution in [2.75, 3.05) is 13.1 Å². The van der Waals surface area contributed by atoms with Crippen LogP contribution in [0.1, 0.15) is 58.2 Å². The van der Waals surface area contributed by atoms with Crippen LogP contribution >= 0.6 is 0 Å². The molecule has 1 saturated carbocycles. The summed E-state index contributed by atoms with van der Waals surface area (Å²) < 4.78 is 0. The molecule has 0 bridgehead atoms. The Morgan fingerprint density at radius 3 is 2.43 bits per heavy atom. The first-order valence-electron chi connectivity index (χ1n) is 8.45. The molecule has 0 amide bonds. The summed E-state index contributed by atoms with van der Waals surface area (Å²) in [6.45, 7) is 7.19. The molecule has 0 aromatic carbocycles. The number of rotatable bonds is 7. The highest BCUT2D eigenvalue weighted by Gasteiger charge is 2.38. The van der Waals surface area contributed by atoms with Crippen LogP contribution in [-0.4, -0.2) is 33.5 Å². The van der Waals surface area contributed by atoms with E-state index in [1.165, 1.54) is 32.1 Å². The predicted molar refractivity (Wildman–Crippen MR) is 86.8 cm³/mol. The maximum atomic E-state index is 6.23. The van der Waals surface area contributed by atoms with Crippen LogP contribution in [0.25, 0.3) is 0 Å². The van der Waals surface area contributed by atoms with Crippen molar-refractivity contribution in [3.05, 3.63) is 24.3 Å². The van der Waals surface area contributed by atoms with Crippen molar-refractivity contribution in [1.29, 1.82) is 0 Å². The van der Waals surface area contributed by atoms with Gasteiger partial charge in [-0.1, -0.05) is 20.3 Å². The Morgan fingerprint density at radius 2 is 1.90 bits per heavy atom. The standard InChI is InChI=1S/C17H30N4/c1-3-12-21(13-16-19-10-5-11-20-16)17(14-18)8-6-15(4-2)7-9-17/h5,10-11,15H,3-4,6-9,12-14,18H2,1-2H3. The van der Waals surface area contributed by atoms with E-state index in [0.717, 1.165) is 37.8 Å². The maximum absolute atomic E-state index is 6.23. The third-order valence-corrected chi connectivity index (χ3v) is 5.11. The molecular weight excluding hydrogens is 260 g/mol. The first-order valence-corrected chi connectivity index (χ1v) is 8.45. The van der Waals surface area contributed by atoms with Crippen LogP contribution < -0.4 is 5.73 Å². The number of hydrogen-bond acceptors (Lipinski definition) is 4. The molecule has 2 rings (SSSR count). The molecule has 21 heavy (non-hydrogen) atoms. The zero-order valence-electron chi connectivity index (χ0n) is 13.6. The van der Waals surface area contributed by atoms with Gasteiger partial charge < -0.3 is 5.73 Å². The van der Waals surface area contributed by atoms with Crippen molar-refractivity contribution < 1.29 is 0 Å². The molecule has 0 aliphatic heterocycles. The van der Waals surface area contributed by atoms with Crippen molar-refractivity contribution >= 4 is 0 Å². The second-order valence-corrected chi connectivity index (χ2v) is 6.37. The molecule has 118 valence electrons. The number of nitrogens with two attached hydrogens (primary N) is 1. The van der Waals surface area contributed by atoms with Gasteiger partial charge in [0, 0.05) is 24.5 Å². The van der Waals surface area contributed by atoms with Crippen LogP contribution in [0.15, 0.2) is 18.5 Å². The first-order chi connectivity index (χ1) is 10.2. The minimum Gasteiger partial charge on any atom is -0.329 e. The molecule has 1 aromatic heterocycles. The van der Waals surface area contributed by atoms with Gasteiger partial charge in [-0.2, -0.15) is 0 Å². The average molecular weight is 290 g/mol. The van der Waals surface area contributed by atoms with Crippen molar-refractivity contribution in [3.8, 4) is 0 Å². The van der Waals surface area contributed by atoms with E-state index in [1.54, 1.807) is 0 Å². The lowest BCUT2D eigenvalue weighted by atomic mass is 9.74. The van der Waals surface area contributed by atoms with Crippen LogP contribution in [0, 0.1) is 5.92 Å². The van der Waals surface area contributed by atoms with Gasteiger partial charge in [-0.15, -0.1) is 0 Å². The largest absolute Gasteiger partial charge is 0.329 e. The number of aromatic nitrogens is 2. The minimum atomic E-state index is 0.154. The van der Waals surface area contributed by atoms with Gasteiger partial charge in [0.1, 0.15) is 5.82 Å². The van der Waals surface area contributed by atoms with E-state index in [9.17, 15) is 0 Å². The highest BCUT2D eigenvalue weighted by atomic mass is 15.2. The fourth-order valence-electron chi connectivity index (χ4n) is 3.61. The molecular formula is C17H30N4. The van der Waals surface area contributed by atoms with Gasteiger partial charge in [0.05, 0.1) is 6.54 Å². The third-order valence-electron chi connectivity index (χ3n) is 5.11.